The first-order valence-corrected chi connectivity index (χ1v) is 6.02. The highest BCUT2D eigenvalue weighted by Crippen LogP contribution is 2.21. The van der Waals surface area contributed by atoms with E-state index < -0.39 is 0 Å². The van der Waals surface area contributed by atoms with Crippen molar-refractivity contribution >= 4 is 33.2 Å². The number of hydrogen-bond acceptors (Lipinski definition) is 3. The smallest absolute Gasteiger partial charge is 0.254 e. The Kier molecular flexibility index (Phi) is 4.57. The lowest BCUT2D eigenvalue weighted by Crippen LogP contribution is -2.28. The summed E-state index contributed by atoms with van der Waals surface area (Å²) in [5, 5.41) is 1.85. The predicted molar refractivity (Wildman–Crippen MR) is 62.7 cm³/mol. The van der Waals surface area contributed by atoms with Gasteiger partial charge in [0, 0.05) is 19.0 Å². The summed E-state index contributed by atoms with van der Waals surface area (Å²) in [6.45, 7) is 1.33. The van der Waals surface area contributed by atoms with E-state index in [9.17, 15) is 4.79 Å². The molecular weight excluding hydrogens is 264 g/mol. The fourth-order valence-electron chi connectivity index (χ4n) is 1.07. The average Bonchev–Trinajstić information content (AvgIpc) is 2.60. The van der Waals surface area contributed by atoms with Gasteiger partial charge in [-0.1, -0.05) is 0 Å². The van der Waals surface area contributed by atoms with Gasteiger partial charge in [-0.25, -0.2) is 0 Å². The summed E-state index contributed by atoms with van der Waals surface area (Å²) in [6.07, 6.45) is 0.841. The number of carbonyl (C=O) groups excluding carboxylic acids is 1. The van der Waals surface area contributed by atoms with E-state index in [-0.39, 0.29) is 5.91 Å². The van der Waals surface area contributed by atoms with Gasteiger partial charge >= 0.3 is 0 Å². The van der Waals surface area contributed by atoms with Crippen LogP contribution in [0.3, 0.4) is 0 Å². The minimum atomic E-state index is 0.0559. The van der Waals surface area contributed by atoms with Gasteiger partial charge in [0.2, 0.25) is 0 Å². The molecule has 1 rings (SSSR count). The van der Waals surface area contributed by atoms with Crippen molar-refractivity contribution in [1.29, 1.82) is 0 Å². The number of nitrogens with zero attached hydrogens (tertiary/aromatic N) is 1. The van der Waals surface area contributed by atoms with E-state index in [1.165, 1.54) is 11.3 Å². The molecule has 5 heteroatoms. The maximum atomic E-state index is 11.7. The van der Waals surface area contributed by atoms with Crippen molar-refractivity contribution in [3.63, 3.8) is 0 Å². The molecule has 3 nitrogen and oxygen atoms in total. The summed E-state index contributed by atoms with van der Waals surface area (Å²) < 4.78 is 0.980. The Morgan fingerprint density at radius 2 is 2.43 bits per heavy atom. The largest absolute Gasteiger partial charge is 0.342 e. The maximum Gasteiger partial charge on any atom is 0.254 e. The van der Waals surface area contributed by atoms with Gasteiger partial charge in [0.25, 0.3) is 5.91 Å². The Hall–Kier alpha value is -0.390. The normalized spacial score (nSPS) is 10.2. The zero-order chi connectivity index (χ0) is 10.6. The van der Waals surface area contributed by atoms with E-state index in [0.717, 1.165) is 15.8 Å². The number of carbonyl (C=O) groups is 1. The van der Waals surface area contributed by atoms with Crippen LogP contribution < -0.4 is 5.73 Å². The molecule has 0 aliphatic carbocycles. The van der Waals surface area contributed by atoms with Gasteiger partial charge in [0.1, 0.15) is 0 Å². The van der Waals surface area contributed by atoms with Crippen molar-refractivity contribution in [2.24, 2.45) is 5.73 Å². The first kappa shape index (κ1) is 11.7. The number of thiophene rings is 1. The van der Waals surface area contributed by atoms with Crippen LogP contribution in [0.25, 0.3) is 0 Å². The van der Waals surface area contributed by atoms with Crippen molar-refractivity contribution < 1.29 is 4.79 Å². The molecule has 0 spiro atoms. The minimum absolute atomic E-state index is 0.0559. The first-order chi connectivity index (χ1) is 6.65. The molecule has 0 atom stereocenters. The maximum absolute atomic E-state index is 11.7. The van der Waals surface area contributed by atoms with Crippen LogP contribution in [0, 0.1) is 0 Å². The van der Waals surface area contributed by atoms with Crippen LogP contribution in [-0.2, 0) is 0 Å². The molecule has 78 valence electrons. The fraction of sp³-hybridized carbons (Fsp3) is 0.444. The van der Waals surface area contributed by atoms with Gasteiger partial charge < -0.3 is 10.6 Å². The van der Waals surface area contributed by atoms with Crippen LogP contribution in [0.1, 0.15) is 16.8 Å². The van der Waals surface area contributed by atoms with E-state index in [2.05, 4.69) is 15.9 Å². The molecule has 0 unspecified atom stereocenters. The second kappa shape index (κ2) is 5.48. The topological polar surface area (TPSA) is 46.3 Å². The molecule has 0 fully saturated rings. The highest BCUT2D eigenvalue weighted by Gasteiger charge is 2.12. The lowest BCUT2D eigenvalue weighted by Gasteiger charge is -2.15. The molecule has 0 bridgehead atoms. The number of nitrogens with two attached hydrogens (primary N) is 1. The van der Waals surface area contributed by atoms with Gasteiger partial charge in [-0.15, -0.1) is 11.3 Å². The molecule has 0 radical (unpaired) electrons. The molecule has 1 amide bonds. The number of hydrogen-bond donors (Lipinski definition) is 1. The van der Waals surface area contributed by atoms with Crippen LogP contribution in [0.2, 0.25) is 0 Å². The van der Waals surface area contributed by atoms with E-state index in [1.807, 2.05) is 11.4 Å². The van der Waals surface area contributed by atoms with Crippen LogP contribution in [0.4, 0.5) is 0 Å². The third-order valence-electron chi connectivity index (χ3n) is 1.86. The van der Waals surface area contributed by atoms with E-state index >= 15 is 0 Å². The third-order valence-corrected chi connectivity index (χ3v) is 3.36. The van der Waals surface area contributed by atoms with Crippen molar-refractivity contribution in [2.75, 3.05) is 20.1 Å². The minimum Gasteiger partial charge on any atom is -0.342 e. The lowest BCUT2D eigenvalue weighted by molar-refractivity contribution is 0.0795. The second-order valence-corrected chi connectivity index (χ2v) is 5.30. The van der Waals surface area contributed by atoms with E-state index in [0.29, 0.717) is 13.1 Å². The Morgan fingerprint density at radius 3 is 2.93 bits per heavy atom. The lowest BCUT2D eigenvalue weighted by atomic mass is 10.3. The molecule has 2 N–H and O–H groups in total. The molecule has 0 aromatic carbocycles. The molecule has 1 aromatic rings. The van der Waals surface area contributed by atoms with Crippen molar-refractivity contribution in [3.8, 4) is 0 Å². The zero-order valence-corrected chi connectivity index (χ0v) is 10.4. The summed E-state index contributed by atoms with van der Waals surface area (Å²) in [5.74, 6) is 0.0559. The van der Waals surface area contributed by atoms with Crippen LogP contribution in [-0.4, -0.2) is 30.9 Å². The molecule has 0 aliphatic heterocycles. The Bertz CT molecular complexity index is 314. The molecule has 1 heterocycles. The highest BCUT2D eigenvalue weighted by atomic mass is 79.9. The quantitative estimate of drug-likeness (QED) is 0.914. The third kappa shape index (κ3) is 3.08. The highest BCUT2D eigenvalue weighted by molar-refractivity contribution is 9.11. The van der Waals surface area contributed by atoms with Crippen LogP contribution >= 0.6 is 27.3 Å². The fourth-order valence-corrected chi connectivity index (χ4v) is 2.20. The summed E-state index contributed by atoms with van der Waals surface area (Å²) in [4.78, 5) is 13.4. The predicted octanol–water partition coefficient (Wildman–Crippen LogP) is 1.93. The number of rotatable bonds is 4. The zero-order valence-electron chi connectivity index (χ0n) is 8.00. The van der Waals surface area contributed by atoms with Gasteiger partial charge in [-0.05, 0) is 35.0 Å². The monoisotopic (exact) mass is 276 g/mol. The Morgan fingerprint density at radius 1 is 1.71 bits per heavy atom. The standard InChI is InChI=1S/C9H13BrN2OS/c1-12(4-2-3-11)9(13)7-5-8(10)14-6-7/h5-6H,2-4,11H2,1H3. The number of amides is 1. The molecule has 1 aromatic heterocycles. The van der Waals surface area contributed by atoms with Crippen molar-refractivity contribution in [3.05, 3.63) is 20.8 Å². The molecular formula is C9H13BrN2OS. The van der Waals surface area contributed by atoms with Gasteiger partial charge in [-0.2, -0.15) is 0 Å². The Balaban J connectivity index is 2.56. The van der Waals surface area contributed by atoms with Crippen molar-refractivity contribution in [2.45, 2.75) is 6.42 Å². The van der Waals surface area contributed by atoms with Crippen LogP contribution in [0.5, 0.6) is 0 Å². The van der Waals surface area contributed by atoms with Crippen LogP contribution in [0.15, 0.2) is 15.2 Å². The summed E-state index contributed by atoms with van der Waals surface area (Å²) in [7, 11) is 1.80. The van der Waals surface area contributed by atoms with Gasteiger partial charge in [-0.3, -0.25) is 4.79 Å². The van der Waals surface area contributed by atoms with Gasteiger partial charge in [0.05, 0.1) is 9.35 Å². The number of halogens is 1. The summed E-state index contributed by atoms with van der Waals surface area (Å²) >= 11 is 4.85. The molecule has 14 heavy (non-hydrogen) atoms. The summed E-state index contributed by atoms with van der Waals surface area (Å²) in [5.41, 5.74) is 6.11. The SMILES string of the molecule is CN(CCCN)C(=O)c1csc(Br)c1. The first-order valence-electron chi connectivity index (χ1n) is 4.34. The van der Waals surface area contributed by atoms with E-state index in [1.54, 1.807) is 11.9 Å². The molecule has 0 saturated carbocycles. The molecule has 0 aliphatic rings. The average molecular weight is 277 g/mol. The van der Waals surface area contributed by atoms with Gasteiger partial charge in [0.15, 0.2) is 0 Å². The molecule has 0 saturated heterocycles. The van der Waals surface area contributed by atoms with E-state index in [4.69, 9.17) is 5.73 Å². The summed E-state index contributed by atoms with van der Waals surface area (Å²) in [6, 6.07) is 1.84. The Labute approximate surface area is 96.0 Å². The second-order valence-electron chi connectivity index (χ2n) is 3.01. The van der Waals surface area contributed by atoms with Crippen molar-refractivity contribution in [1.82, 2.24) is 4.90 Å².